The molecule has 2 heterocycles. The summed E-state index contributed by atoms with van der Waals surface area (Å²) in [5, 5.41) is 16.9. The molecule has 1 atom stereocenters. The molecule has 6 nitrogen and oxygen atoms in total. The average molecular weight is 335 g/mol. The van der Waals surface area contributed by atoms with Crippen molar-refractivity contribution >= 4 is 22.4 Å². The molecule has 1 fully saturated rings. The maximum Gasteiger partial charge on any atom is 0.272 e. The summed E-state index contributed by atoms with van der Waals surface area (Å²) in [6.07, 6.45) is 2.02. The maximum atomic E-state index is 12.1. The summed E-state index contributed by atoms with van der Waals surface area (Å²) in [4.78, 5) is 25.5. The van der Waals surface area contributed by atoms with Gasteiger partial charge >= 0.3 is 0 Å². The molecule has 1 unspecified atom stereocenters. The van der Waals surface area contributed by atoms with Gasteiger partial charge in [0.05, 0.1) is 11.6 Å². The third kappa shape index (κ3) is 2.81. The number of carbonyl (C=O) groups is 1. The van der Waals surface area contributed by atoms with Gasteiger partial charge in [-0.3, -0.25) is 9.59 Å². The van der Waals surface area contributed by atoms with Crippen LogP contribution >= 0.6 is 0 Å². The van der Waals surface area contributed by atoms with E-state index in [0.717, 1.165) is 22.2 Å². The zero-order valence-electron chi connectivity index (χ0n) is 13.5. The Morgan fingerprint density at radius 1 is 1.12 bits per heavy atom. The van der Waals surface area contributed by atoms with Crippen LogP contribution in [-0.4, -0.2) is 34.4 Å². The first-order chi connectivity index (χ1) is 12.2. The van der Waals surface area contributed by atoms with Crippen molar-refractivity contribution < 1.29 is 9.90 Å². The van der Waals surface area contributed by atoms with Crippen LogP contribution in [0.5, 0.6) is 0 Å². The van der Waals surface area contributed by atoms with Gasteiger partial charge in [0, 0.05) is 36.6 Å². The lowest BCUT2D eigenvalue weighted by atomic mass is 10.0. The van der Waals surface area contributed by atoms with Crippen molar-refractivity contribution in [2.24, 2.45) is 5.92 Å². The third-order valence-corrected chi connectivity index (χ3v) is 4.64. The van der Waals surface area contributed by atoms with Gasteiger partial charge in [-0.1, -0.05) is 18.2 Å². The van der Waals surface area contributed by atoms with Crippen molar-refractivity contribution in [2.45, 2.75) is 6.42 Å². The first-order valence-electron chi connectivity index (χ1n) is 8.15. The van der Waals surface area contributed by atoms with Gasteiger partial charge in [-0.05, 0) is 35.4 Å². The van der Waals surface area contributed by atoms with E-state index in [1.165, 1.54) is 0 Å². The van der Waals surface area contributed by atoms with Gasteiger partial charge in [-0.15, -0.1) is 0 Å². The van der Waals surface area contributed by atoms with Crippen LogP contribution in [0.25, 0.3) is 21.9 Å². The van der Waals surface area contributed by atoms with Crippen LogP contribution in [-0.2, 0) is 4.79 Å². The van der Waals surface area contributed by atoms with E-state index in [1.807, 2.05) is 36.4 Å². The second kappa shape index (κ2) is 6.14. The van der Waals surface area contributed by atoms with E-state index >= 15 is 0 Å². The summed E-state index contributed by atoms with van der Waals surface area (Å²) in [5.41, 5.74) is 2.61. The number of aromatic amines is 1. The zero-order chi connectivity index (χ0) is 17.4. The highest BCUT2D eigenvalue weighted by molar-refractivity contribution is 5.96. The largest absolute Gasteiger partial charge is 0.396 e. The van der Waals surface area contributed by atoms with Gasteiger partial charge in [0.25, 0.3) is 5.56 Å². The van der Waals surface area contributed by atoms with Crippen LogP contribution in [0.2, 0.25) is 0 Å². The van der Waals surface area contributed by atoms with Crippen molar-refractivity contribution in [3.63, 3.8) is 0 Å². The normalized spacial score (nSPS) is 17.4. The Hall–Kier alpha value is -2.99. The molecule has 1 saturated heterocycles. The van der Waals surface area contributed by atoms with Gasteiger partial charge in [-0.2, -0.15) is 5.10 Å². The summed E-state index contributed by atoms with van der Waals surface area (Å²) in [5.74, 6) is 0.0565. The smallest absolute Gasteiger partial charge is 0.272 e. The monoisotopic (exact) mass is 335 g/mol. The molecule has 126 valence electrons. The van der Waals surface area contributed by atoms with E-state index in [9.17, 15) is 14.7 Å². The molecule has 2 N–H and O–H groups in total. The standard InChI is InChI=1S/C19H17N3O3/c23-11-12-7-18(24)22(10-12)16-4-1-13(2-5-16)14-3-6-17-15(8-14)9-20-21-19(17)25/h1-6,8-9,12,23H,7,10-11H2,(H,21,25). The molecule has 1 amide bonds. The molecule has 0 spiro atoms. The van der Waals surface area contributed by atoms with Crippen LogP contribution < -0.4 is 10.5 Å². The number of nitrogens with zero attached hydrogens (tertiary/aromatic N) is 2. The molecule has 6 heteroatoms. The van der Waals surface area contributed by atoms with E-state index in [4.69, 9.17) is 0 Å². The van der Waals surface area contributed by atoms with E-state index in [1.54, 1.807) is 17.2 Å². The Bertz CT molecular complexity index is 995. The van der Waals surface area contributed by atoms with Gasteiger partial charge in [0.15, 0.2) is 0 Å². The number of aromatic nitrogens is 2. The van der Waals surface area contributed by atoms with Crippen LogP contribution in [0.1, 0.15) is 6.42 Å². The highest BCUT2D eigenvalue weighted by atomic mass is 16.3. The fourth-order valence-electron chi connectivity index (χ4n) is 3.26. The summed E-state index contributed by atoms with van der Waals surface area (Å²) in [6.45, 7) is 0.587. The van der Waals surface area contributed by atoms with Crippen LogP contribution in [0.15, 0.2) is 53.5 Å². The molecule has 0 saturated carbocycles. The second-order valence-corrected chi connectivity index (χ2v) is 6.31. The quantitative estimate of drug-likeness (QED) is 0.766. The van der Waals surface area contributed by atoms with Crippen molar-refractivity contribution in [3.8, 4) is 11.1 Å². The Morgan fingerprint density at radius 2 is 1.88 bits per heavy atom. The summed E-state index contributed by atoms with van der Waals surface area (Å²) < 4.78 is 0. The number of fused-ring (bicyclic) bond motifs is 1. The topological polar surface area (TPSA) is 86.3 Å². The van der Waals surface area contributed by atoms with Gasteiger partial charge in [0.2, 0.25) is 5.91 Å². The van der Waals surface area contributed by atoms with Crippen molar-refractivity contribution in [1.29, 1.82) is 0 Å². The minimum Gasteiger partial charge on any atom is -0.396 e. The predicted molar refractivity (Wildman–Crippen MR) is 95.3 cm³/mol. The molecule has 1 aliphatic heterocycles. The second-order valence-electron chi connectivity index (χ2n) is 6.31. The molecule has 1 aliphatic rings. The molecule has 0 bridgehead atoms. The average Bonchev–Trinajstić information content (AvgIpc) is 3.03. The minimum atomic E-state index is -0.203. The third-order valence-electron chi connectivity index (χ3n) is 4.64. The van der Waals surface area contributed by atoms with E-state index in [0.29, 0.717) is 18.4 Å². The van der Waals surface area contributed by atoms with E-state index < -0.39 is 0 Å². The SMILES string of the molecule is O=C1CC(CO)CN1c1ccc(-c2ccc3c(=O)[nH]ncc3c2)cc1. The van der Waals surface area contributed by atoms with Gasteiger partial charge in [-0.25, -0.2) is 5.10 Å². The molecule has 4 rings (SSSR count). The number of carbonyl (C=O) groups excluding carboxylic acids is 1. The van der Waals surface area contributed by atoms with Crippen molar-refractivity contribution in [2.75, 3.05) is 18.1 Å². The lowest BCUT2D eigenvalue weighted by Gasteiger charge is -2.17. The van der Waals surface area contributed by atoms with Crippen LogP contribution in [0.4, 0.5) is 5.69 Å². The molecule has 0 radical (unpaired) electrons. The fraction of sp³-hybridized carbons (Fsp3) is 0.211. The number of nitrogens with one attached hydrogen (secondary N) is 1. The molecule has 25 heavy (non-hydrogen) atoms. The van der Waals surface area contributed by atoms with E-state index in [2.05, 4.69) is 10.2 Å². The molecule has 0 aliphatic carbocycles. The van der Waals surface area contributed by atoms with E-state index in [-0.39, 0.29) is 24.0 Å². The zero-order valence-corrected chi connectivity index (χ0v) is 13.5. The molecule has 2 aromatic carbocycles. The number of rotatable bonds is 3. The van der Waals surface area contributed by atoms with Crippen LogP contribution in [0.3, 0.4) is 0 Å². The number of benzene rings is 2. The molecule has 3 aromatic rings. The molecule has 1 aromatic heterocycles. The fourth-order valence-corrected chi connectivity index (χ4v) is 3.26. The molecular formula is C19H17N3O3. The highest BCUT2D eigenvalue weighted by Gasteiger charge is 2.29. The molecular weight excluding hydrogens is 318 g/mol. The number of amides is 1. The lowest BCUT2D eigenvalue weighted by molar-refractivity contribution is -0.117. The Morgan fingerprint density at radius 3 is 2.60 bits per heavy atom. The number of hydrogen-bond donors (Lipinski definition) is 2. The number of aliphatic hydroxyl groups is 1. The summed E-state index contributed by atoms with van der Waals surface area (Å²) in [6, 6.07) is 13.3. The van der Waals surface area contributed by atoms with Gasteiger partial charge in [0.1, 0.15) is 0 Å². The number of hydrogen-bond acceptors (Lipinski definition) is 4. The minimum absolute atomic E-state index is 0.0123. The van der Waals surface area contributed by atoms with Crippen molar-refractivity contribution in [3.05, 3.63) is 59.0 Å². The van der Waals surface area contributed by atoms with Crippen LogP contribution in [0, 0.1) is 5.92 Å². The summed E-state index contributed by atoms with van der Waals surface area (Å²) in [7, 11) is 0. The summed E-state index contributed by atoms with van der Waals surface area (Å²) >= 11 is 0. The Kier molecular flexibility index (Phi) is 3.82. The van der Waals surface area contributed by atoms with Crippen molar-refractivity contribution in [1.82, 2.24) is 10.2 Å². The number of aliphatic hydroxyl groups excluding tert-OH is 1. The van der Waals surface area contributed by atoms with Gasteiger partial charge < -0.3 is 10.0 Å². The predicted octanol–water partition coefficient (Wildman–Crippen LogP) is 1.94. The number of anilines is 1. The Labute approximate surface area is 143 Å². The number of H-pyrrole nitrogens is 1. The lowest BCUT2D eigenvalue weighted by Crippen LogP contribution is -2.24. The Balaban J connectivity index is 1.64. The first-order valence-corrected chi connectivity index (χ1v) is 8.15. The highest BCUT2D eigenvalue weighted by Crippen LogP contribution is 2.28. The maximum absolute atomic E-state index is 12.1. The first kappa shape index (κ1) is 15.5.